The van der Waals surface area contributed by atoms with Crippen molar-refractivity contribution in [3.05, 3.63) is 20.8 Å². The van der Waals surface area contributed by atoms with E-state index in [1.54, 1.807) is 11.3 Å². The monoisotopic (exact) mass is 346 g/mol. The van der Waals surface area contributed by atoms with Gasteiger partial charge in [0.1, 0.15) is 0 Å². The minimum atomic E-state index is -0.202. The molecule has 0 aliphatic carbocycles. The molecule has 5 heteroatoms. The van der Waals surface area contributed by atoms with Crippen LogP contribution >= 0.6 is 27.3 Å². The van der Waals surface area contributed by atoms with Gasteiger partial charge >= 0.3 is 0 Å². The molecule has 0 spiro atoms. The van der Waals surface area contributed by atoms with Crippen molar-refractivity contribution in [3.63, 3.8) is 0 Å². The van der Waals surface area contributed by atoms with Crippen LogP contribution in [0.5, 0.6) is 0 Å². The van der Waals surface area contributed by atoms with E-state index in [0.29, 0.717) is 0 Å². The van der Waals surface area contributed by atoms with Gasteiger partial charge < -0.3 is 15.3 Å². The number of aliphatic hydroxyl groups excluding tert-OH is 1. The predicted molar refractivity (Wildman–Crippen MR) is 84.6 cm³/mol. The van der Waals surface area contributed by atoms with Crippen LogP contribution in [0.25, 0.3) is 0 Å². The van der Waals surface area contributed by atoms with Gasteiger partial charge in [0.25, 0.3) is 0 Å². The first-order valence-electron chi connectivity index (χ1n) is 6.99. The molecule has 1 atom stereocenters. The van der Waals surface area contributed by atoms with Crippen LogP contribution < -0.4 is 5.32 Å². The number of nitrogens with one attached hydrogen (secondary N) is 1. The van der Waals surface area contributed by atoms with Crippen LogP contribution in [0.4, 0.5) is 0 Å². The highest BCUT2D eigenvalue weighted by Gasteiger charge is 2.19. The summed E-state index contributed by atoms with van der Waals surface area (Å²) in [7, 11) is 0. The van der Waals surface area contributed by atoms with E-state index in [9.17, 15) is 5.11 Å². The Labute approximate surface area is 128 Å². The quantitative estimate of drug-likeness (QED) is 0.831. The van der Waals surface area contributed by atoms with Gasteiger partial charge in [0.2, 0.25) is 0 Å². The number of thiophene rings is 1. The number of rotatable bonds is 6. The van der Waals surface area contributed by atoms with E-state index in [2.05, 4.69) is 38.3 Å². The van der Waals surface area contributed by atoms with Gasteiger partial charge in [-0.05, 0) is 73.4 Å². The highest BCUT2D eigenvalue weighted by molar-refractivity contribution is 9.11. The van der Waals surface area contributed by atoms with Crippen molar-refractivity contribution in [2.45, 2.75) is 32.4 Å². The first-order valence-corrected chi connectivity index (χ1v) is 8.60. The van der Waals surface area contributed by atoms with Gasteiger partial charge in [0.05, 0.1) is 9.89 Å². The summed E-state index contributed by atoms with van der Waals surface area (Å²) in [5.74, 6) is 0.786. The van der Waals surface area contributed by atoms with E-state index in [-0.39, 0.29) is 6.10 Å². The van der Waals surface area contributed by atoms with Gasteiger partial charge in [-0.15, -0.1) is 11.3 Å². The molecule has 1 aromatic heterocycles. The van der Waals surface area contributed by atoms with Crippen LogP contribution in [0, 0.1) is 5.92 Å². The third-order valence-corrected chi connectivity index (χ3v) is 5.21. The normalized spacial score (nSPS) is 19.7. The van der Waals surface area contributed by atoms with Crippen LogP contribution in [-0.4, -0.2) is 42.3 Å². The highest BCUT2D eigenvalue weighted by Crippen LogP contribution is 2.22. The Morgan fingerprint density at radius 1 is 1.47 bits per heavy atom. The highest BCUT2D eigenvalue weighted by atomic mass is 79.9. The number of β-amino-alcohol motifs (C(OH)–C–C–N with tert-alkyl or cyclic N) is 1. The van der Waals surface area contributed by atoms with Crippen molar-refractivity contribution in [2.75, 3.05) is 26.2 Å². The van der Waals surface area contributed by atoms with E-state index < -0.39 is 0 Å². The van der Waals surface area contributed by atoms with Crippen LogP contribution in [-0.2, 0) is 6.54 Å². The molecule has 0 saturated carbocycles. The van der Waals surface area contributed by atoms with Crippen LogP contribution in [0.15, 0.2) is 15.9 Å². The maximum atomic E-state index is 9.38. The fourth-order valence-corrected chi connectivity index (χ4v) is 4.05. The standard InChI is InChI=1S/C14H23BrN2OS/c1-11(18)10-17-6-4-12(5-7-17)8-16-9-13-2-3-14(15)19-13/h2-3,11-12,16,18H,4-10H2,1H3/t11-/m0/s1. The van der Waals surface area contributed by atoms with Gasteiger partial charge in [-0.1, -0.05) is 0 Å². The summed E-state index contributed by atoms with van der Waals surface area (Å²) in [4.78, 5) is 3.76. The molecule has 0 aromatic carbocycles. The number of piperidine rings is 1. The van der Waals surface area contributed by atoms with Gasteiger partial charge in [0.15, 0.2) is 0 Å². The second kappa shape index (κ2) is 7.74. The average Bonchev–Trinajstić information content (AvgIpc) is 2.77. The molecule has 1 aliphatic rings. The van der Waals surface area contributed by atoms with Crippen molar-refractivity contribution in [1.82, 2.24) is 10.2 Å². The van der Waals surface area contributed by atoms with Crippen LogP contribution in [0.2, 0.25) is 0 Å². The number of nitrogens with zero attached hydrogens (tertiary/aromatic N) is 1. The first kappa shape index (κ1) is 15.4. The zero-order valence-electron chi connectivity index (χ0n) is 11.4. The summed E-state index contributed by atoms with van der Waals surface area (Å²) in [5.41, 5.74) is 0. The molecule has 1 fully saturated rings. The Kier molecular flexibility index (Phi) is 6.29. The summed E-state index contributed by atoms with van der Waals surface area (Å²) in [6.45, 7) is 7.03. The van der Waals surface area contributed by atoms with Crippen LogP contribution in [0.1, 0.15) is 24.6 Å². The fourth-order valence-electron chi connectivity index (χ4n) is 2.59. The minimum Gasteiger partial charge on any atom is -0.392 e. The molecular weight excluding hydrogens is 324 g/mol. The van der Waals surface area contributed by atoms with Gasteiger partial charge in [-0.2, -0.15) is 0 Å². The number of halogens is 1. The summed E-state index contributed by atoms with van der Waals surface area (Å²) >= 11 is 5.29. The summed E-state index contributed by atoms with van der Waals surface area (Å²) in [6.07, 6.45) is 2.29. The molecule has 2 rings (SSSR count). The van der Waals surface area contributed by atoms with Crippen molar-refractivity contribution < 1.29 is 5.11 Å². The molecule has 0 radical (unpaired) electrons. The van der Waals surface area contributed by atoms with E-state index >= 15 is 0 Å². The number of hydrogen-bond acceptors (Lipinski definition) is 4. The second-order valence-corrected chi connectivity index (χ2v) is 7.98. The first-order chi connectivity index (χ1) is 9.13. The lowest BCUT2D eigenvalue weighted by Crippen LogP contribution is -2.40. The molecule has 3 nitrogen and oxygen atoms in total. The van der Waals surface area contributed by atoms with Crippen molar-refractivity contribution in [3.8, 4) is 0 Å². The van der Waals surface area contributed by atoms with E-state index in [4.69, 9.17) is 0 Å². The molecule has 0 amide bonds. The molecule has 2 N–H and O–H groups in total. The van der Waals surface area contributed by atoms with Gasteiger partial charge in [-0.3, -0.25) is 0 Å². The van der Waals surface area contributed by atoms with Gasteiger partial charge in [0, 0.05) is 18.0 Å². The molecule has 2 heterocycles. The lowest BCUT2D eigenvalue weighted by atomic mass is 9.96. The van der Waals surface area contributed by atoms with Crippen molar-refractivity contribution in [2.24, 2.45) is 5.92 Å². The molecule has 1 aromatic rings. The van der Waals surface area contributed by atoms with E-state index in [0.717, 1.165) is 38.6 Å². The zero-order chi connectivity index (χ0) is 13.7. The predicted octanol–water partition coefficient (Wildman–Crippen LogP) is 2.69. The van der Waals surface area contributed by atoms with Crippen LogP contribution in [0.3, 0.4) is 0 Å². The Balaban J connectivity index is 1.60. The Morgan fingerprint density at radius 3 is 2.79 bits per heavy atom. The third kappa shape index (κ3) is 5.52. The molecule has 19 heavy (non-hydrogen) atoms. The summed E-state index contributed by atoms with van der Waals surface area (Å²) in [5, 5.41) is 12.9. The molecule has 1 aliphatic heterocycles. The topological polar surface area (TPSA) is 35.5 Å². The molecule has 108 valence electrons. The maximum Gasteiger partial charge on any atom is 0.0701 e. The van der Waals surface area contributed by atoms with Crippen molar-refractivity contribution >= 4 is 27.3 Å². The molecule has 0 bridgehead atoms. The van der Waals surface area contributed by atoms with E-state index in [1.165, 1.54) is 21.5 Å². The third-order valence-electron chi connectivity index (χ3n) is 3.59. The van der Waals surface area contributed by atoms with Gasteiger partial charge in [-0.25, -0.2) is 0 Å². The lowest BCUT2D eigenvalue weighted by molar-refractivity contribution is 0.0998. The smallest absolute Gasteiger partial charge is 0.0701 e. The summed E-state index contributed by atoms with van der Waals surface area (Å²) < 4.78 is 1.20. The Bertz CT molecular complexity index is 375. The fraction of sp³-hybridized carbons (Fsp3) is 0.714. The second-order valence-electron chi connectivity index (χ2n) is 5.43. The largest absolute Gasteiger partial charge is 0.392 e. The summed E-state index contributed by atoms with van der Waals surface area (Å²) in [6, 6.07) is 4.28. The minimum absolute atomic E-state index is 0.202. The SMILES string of the molecule is C[C@H](O)CN1CCC(CNCc2ccc(Br)s2)CC1. The number of aliphatic hydroxyl groups is 1. The molecular formula is C14H23BrN2OS. The Hall–Kier alpha value is 0.0600. The molecule has 0 unspecified atom stereocenters. The Morgan fingerprint density at radius 2 is 2.21 bits per heavy atom. The lowest BCUT2D eigenvalue weighted by Gasteiger charge is -2.32. The number of likely N-dealkylation sites (tertiary alicyclic amines) is 1. The molecule has 1 saturated heterocycles. The van der Waals surface area contributed by atoms with Crippen molar-refractivity contribution in [1.29, 1.82) is 0 Å². The number of hydrogen-bond donors (Lipinski definition) is 2. The average molecular weight is 347 g/mol. The zero-order valence-corrected chi connectivity index (χ0v) is 13.8. The van der Waals surface area contributed by atoms with E-state index in [1.807, 2.05) is 6.92 Å². The maximum absolute atomic E-state index is 9.38.